The van der Waals surface area contributed by atoms with Crippen LogP contribution in [0.25, 0.3) is 0 Å². The fourth-order valence-corrected chi connectivity index (χ4v) is 2.83. The summed E-state index contributed by atoms with van der Waals surface area (Å²) < 4.78 is 13.8. The van der Waals surface area contributed by atoms with E-state index < -0.39 is 5.82 Å². The number of hydrogen-bond donors (Lipinski definition) is 0. The molecule has 1 aliphatic heterocycles. The smallest absolute Gasteiger partial charge is 0.258 e. The van der Waals surface area contributed by atoms with Gasteiger partial charge in [0.25, 0.3) is 5.91 Å². The zero-order chi connectivity index (χ0) is 15.5. The van der Waals surface area contributed by atoms with Crippen molar-refractivity contribution >= 4 is 23.2 Å². The lowest BCUT2D eigenvalue weighted by atomic mass is 10.1. The fraction of sp³-hybridized carbons (Fsp3) is 0.250. The SMILES string of the molecule is O=C(c1c(F)cccc1Cl)N1CCN(c2ccncc2)CC1. The van der Waals surface area contributed by atoms with Crippen molar-refractivity contribution in [3.05, 3.63) is 59.1 Å². The molecular formula is C16H15ClFN3O. The minimum Gasteiger partial charge on any atom is -0.368 e. The Morgan fingerprint density at radius 2 is 1.77 bits per heavy atom. The first kappa shape index (κ1) is 14.8. The highest BCUT2D eigenvalue weighted by molar-refractivity contribution is 6.33. The molecule has 0 bridgehead atoms. The van der Waals surface area contributed by atoms with Crippen LogP contribution in [0.2, 0.25) is 5.02 Å². The minimum absolute atomic E-state index is 0.0403. The highest BCUT2D eigenvalue weighted by Crippen LogP contribution is 2.22. The van der Waals surface area contributed by atoms with Crippen molar-refractivity contribution in [3.63, 3.8) is 0 Å². The van der Waals surface area contributed by atoms with E-state index in [0.29, 0.717) is 26.2 Å². The van der Waals surface area contributed by atoms with Crippen molar-refractivity contribution in [1.29, 1.82) is 0 Å². The number of aromatic nitrogens is 1. The molecule has 2 heterocycles. The van der Waals surface area contributed by atoms with Crippen LogP contribution in [0.1, 0.15) is 10.4 Å². The highest BCUT2D eigenvalue weighted by atomic mass is 35.5. The zero-order valence-corrected chi connectivity index (χ0v) is 12.6. The zero-order valence-electron chi connectivity index (χ0n) is 11.9. The molecule has 2 aromatic rings. The van der Waals surface area contributed by atoms with Gasteiger partial charge in [-0.15, -0.1) is 0 Å². The summed E-state index contributed by atoms with van der Waals surface area (Å²) in [6, 6.07) is 8.16. The molecule has 1 amide bonds. The van der Waals surface area contributed by atoms with Gasteiger partial charge in [-0.1, -0.05) is 17.7 Å². The van der Waals surface area contributed by atoms with E-state index in [-0.39, 0.29) is 16.5 Å². The lowest BCUT2D eigenvalue weighted by Crippen LogP contribution is -2.49. The molecule has 3 rings (SSSR count). The lowest BCUT2D eigenvalue weighted by molar-refractivity contribution is 0.0742. The molecule has 0 spiro atoms. The standard InChI is InChI=1S/C16H15ClFN3O/c17-13-2-1-3-14(18)15(13)16(22)21-10-8-20(9-11-21)12-4-6-19-7-5-12/h1-7H,8-11H2. The second-order valence-electron chi connectivity index (χ2n) is 5.08. The molecule has 6 heteroatoms. The van der Waals surface area contributed by atoms with Crippen LogP contribution in [-0.2, 0) is 0 Å². The molecular weight excluding hydrogens is 305 g/mol. The molecule has 1 aliphatic rings. The Morgan fingerprint density at radius 1 is 1.09 bits per heavy atom. The molecule has 4 nitrogen and oxygen atoms in total. The third kappa shape index (κ3) is 2.90. The molecule has 0 unspecified atom stereocenters. The van der Waals surface area contributed by atoms with Gasteiger partial charge in [0.2, 0.25) is 0 Å². The van der Waals surface area contributed by atoms with Gasteiger partial charge in [-0.2, -0.15) is 0 Å². The number of amides is 1. The predicted octanol–water partition coefficient (Wildman–Crippen LogP) is 2.84. The second kappa shape index (κ2) is 6.32. The van der Waals surface area contributed by atoms with Gasteiger partial charge in [0.05, 0.1) is 10.6 Å². The topological polar surface area (TPSA) is 36.4 Å². The van der Waals surface area contributed by atoms with Crippen LogP contribution in [0.4, 0.5) is 10.1 Å². The molecule has 114 valence electrons. The highest BCUT2D eigenvalue weighted by Gasteiger charge is 2.25. The van der Waals surface area contributed by atoms with Crippen molar-refractivity contribution in [3.8, 4) is 0 Å². The van der Waals surface area contributed by atoms with Crippen LogP contribution in [0, 0.1) is 5.82 Å². The molecule has 22 heavy (non-hydrogen) atoms. The monoisotopic (exact) mass is 319 g/mol. The van der Waals surface area contributed by atoms with Crippen LogP contribution in [0.3, 0.4) is 0 Å². The Kier molecular flexibility index (Phi) is 4.24. The maximum atomic E-state index is 13.8. The molecule has 0 atom stereocenters. The summed E-state index contributed by atoms with van der Waals surface area (Å²) in [6.45, 7) is 2.46. The van der Waals surface area contributed by atoms with Gasteiger partial charge in [-0.25, -0.2) is 4.39 Å². The van der Waals surface area contributed by atoms with E-state index >= 15 is 0 Å². The number of benzene rings is 1. The van der Waals surface area contributed by atoms with E-state index in [9.17, 15) is 9.18 Å². The normalized spacial score (nSPS) is 15.0. The number of carbonyl (C=O) groups excluding carboxylic acids is 1. The van der Waals surface area contributed by atoms with E-state index in [1.54, 1.807) is 17.3 Å². The molecule has 0 aliphatic carbocycles. The number of pyridine rings is 1. The number of anilines is 1. The van der Waals surface area contributed by atoms with Crippen molar-refractivity contribution < 1.29 is 9.18 Å². The Labute approximate surface area is 133 Å². The largest absolute Gasteiger partial charge is 0.368 e. The summed E-state index contributed by atoms with van der Waals surface area (Å²) in [6.07, 6.45) is 3.48. The van der Waals surface area contributed by atoms with Gasteiger partial charge in [0, 0.05) is 44.3 Å². The summed E-state index contributed by atoms with van der Waals surface area (Å²) in [5, 5.41) is 0.154. The van der Waals surface area contributed by atoms with Crippen LogP contribution < -0.4 is 4.90 Å². The summed E-state index contributed by atoms with van der Waals surface area (Å²) in [5.74, 6) is -0.924. The quantitative estimate of drug-likeness (QED) is 0.854. The summed E-state index contributed by atoms with van der Waals surface area (Å²) in [4.78, 5) is 20.3. The average molecular weight is 320 g/mol. The van der Waals surface area contributed by atoms with E-state index in [0.717, 1.165) is 5.69 Å². The number of rotatable bonds is 2. The number of nitrogens with zero attached hydrogens (tertiary/aromatic N) is 3. The van der Waals surface area contributed by atoms with Crippen molar-refractivity contribution in [2.45, 2.75) is 0 Å². The number of piperazine rings is 1. The first-order chi connectivity index (χ1) is 10.7. The minimum atomic E-state index is -0.575. The maximum Gasteiger partial charge on any atom is 0.258 e. The van der Waals surface area contributed by atoms with Gasteiger partial charge >= 0.3 is 0 Å². The van der Waals surface area contributed by atoms with Gasteiger partial charge in [-0.3, -0.25) is 9.78 Å². The van der Waals surface area contributed by atoms with Crippen LogP contribution in [-0.4, -0.2) is 42.0 Å². The Bertz CT molecular complexity index is 652. The van der Waals surface area contributed by atoms with E-state index in [4.69, 9.17) is 11.6 Å². The molecule has 0 N–H and O–H groups in total. The van der Waals surface area contributed by atoms with Crippen LogP contribution in [0.15, 0.2) is 42.7 Å². The number of carbonyl (C=O) groups is 1. The van der Waals surface area contributed by atoms with E-state index in [2.05, 4.69) is 9.88 Å². The Balaban J connectivity index is 1.70. The first-order valence-electron chi connectivity index (χ1n) is 7.05. The second-order valence-corrected chi connectivity index (χ2v) is 5.49. The summed E-state index contributed by atoms with van der Waals surface area (Å²) >= 11 is 5.96. The van der Waals surface area contributed by atoms with Crippen molar-refractivity contribution in [1.82, 2.24) is 9.88 Å². The third-order valence-corrected chi connectivity index (χ3v) is 4.09. The fourth-order valence-electron chi connectivity index (χ4n) is 2.58. The summed E-state index contributed by atoms with van der Waals surface area (Å²) in [7, 11) is 0. The maximum absolute atomic E-state index is 13.8. The molecule has 1 aromatic carbocycles. The molecule has 1 aromatic heterocycles. The molecule has 1 fully saturated rings. The van der Waals surface area contributed by atoms with Crippen LogP contribution >= 0.6 is 11.6 Å². The molecule has 0 saturated carbocycles. The molecule has 1 saturated heterocycles. The van der Waals surface area contributed by atoms with Crippen LogP contribution in [0.5, 0.6) is 0 Å². The first-order valence-corrected chi connectivity index (χ1v) is 7.43. The van der Waals surface area contributed by atoms with Gasteiger partial charge in [-0.05, 0) is 24.3 Å². The Morgan fingerprint density at radius 3 is 2.41 bits per heavy atom. The lowest BCUT2D eigenvalue weighted by Gasteiger charge is -2.36. The van der Waals surface area contributed by atoms with Gasteiger partial charge in [0.15, 0.2) is 0 Å². The predicted molar refractivity (Wildman–Crippen MR) is 83.8 cm³/mol. The van der Waals surface area contributed by atoms with E-state index in [1.807, 2.05) is 12.1 Å². The number of hydrogen-bond acceptors (Lipinski definition) is 3. The Hall–Kier alpha value is -2.14. The van der Waals surface area contributed by atoms with Gasteiger partial charge in [0.1, 0.15) is 5.82 Å². The van der Waals surface area contributed by atoms with E-state index in [1.165, 1.54) is 18.2 Å². The third-order valence-electron chi connectivity index (χ3n) is 3.77. The van der Waals surface area contributed by atoms with Gasteiger partial charge < -0.3 is 9.80 Å². The van der Waals surface area contributed by atoms with Crippen molar-refractivity contribution in [2.75, 3.05) is 31.1 Å². The van der Waals surface area contributed by atoms with Crippen molar-refractivity contribution in [2.24, 2.45) is 0 Å². The number of halogens is 2. The average Bonchev–Trinajstić information content (AvgIpc) is 2.55. The molecule has 0 radical (unpaired) electrons. The summed E-state index contributed by atoms with van der Waals surface area (Å²) in [5.41, 5.74) is 1.03.